The van der Waals surface area contributed by atoms with Gasteiger partial charge in [-0.05, 0) is 56.2 Å². The van der Waals surface area contributed by atoms with E-state index >= 15 is 0 Å². The van der Waals surface area contributed by atoms with Crippen LogP contribution >= 0.6 is 0 Å². The number of anilines is 2. The van der Waals surface area contributed by atoms with E-state index < -0.39 is 0 Å². The molecule has 3 fully saturated rings. The molecule has 1 amide bonds. The Morgan fingerprint density at radius 3 is 2.76 bits per heavy atom. The first-order valence-corrected chi connectivity index (χ1v) is 12.3. The first-order chi connectivity index (χ1) is 16.6. The average Bonchev–Trinajstić information content (AvgIpc) is 3.60. The van der Waals surface area contributed by atoms with Crippen molar-refractivity contribution in [2.45, 2.75) is 57.2 Å². The summed E-state index contributed by atoms with van der Waals surface area (Å²) in [5, 5.41) is 8.82. The minimum atomic E-state index is -0.256. The summed E-state index contributed by atoms with van der Waals surface area (Å²) in [7, 11) is 1.61. The number of morpholine rings is 1. The van der Waals surface area contributed by atoms with Gasteiger partial charge in [-0.2, -0.15) is 5.10 Å². The Morgan fingerprint density at radius 2 is 2.03 bits per heavy atom. The van der Waals surface area contributed by atoms with Crippen LogP contribution in [0.15, 0.2) is 36.5 Å². The summed E-state index contributed by atoms with van der Waals surface area (Å²) in [6, 6.07) is 10.2. The lowest BCUT2D eigenvalue weighted by Gasteiger charge is -2.28. The molecule has 0 unspecified atom stereocenters. The second-order valence-corrected chi connectivity index (χ2v) is 9.97. The number of ether oxygens (including phenoxy) is 2. The number of pyridine rings is 1. The van der Waals surface area contributed by atoms with Crippen LogP contribution in [-0.2, 0) is 4.74 Å². The third-order valence-electron chi connectivity index (χ3n) is 7.61. The fraction of sp³-hybridized carbons (Fsp3) is 0.500. The molecule has 2 saturated heterocycles. The average molecular weight is 462 g/mol. The maximum absolute atomic E-state index is 13.1. The Morgan fingerprint density at radius 1 is 1.18 bits per heavy atom. The van der Waals surface area contributed by atoms with Gasteiger partial charge in [-0.1, -0.05) is 13.0 Å². The van der Waals surface area contributed by atoms with E-state index in [4.69, 9.17) is 14.6 Å². The molecular formula is C26H31N5O3. The summed E-state index contributed by atoms with van der Waals surface area (Å²) in [6.45, 7) is 3.88. The zero-order valence-corrected chi connectivity index (χ0v) is 19.7. The molecule has 2 aromatic heterocycles. The van der Waals surface area contributed by atoms with Crippen LogP contribution in [0, 0.1) is 5.92 Å². The van der Waals surface area contributed by atoms with Crippen molar-refractivity contribution in [1.29, 1.82) is 0 Å². The molecule has 1 N–H and O–H groups in total. The highest BCUT2D eigenvalue weighted by atomic mass is 16.5. The second-order valence-electron chi connectivity index (χ2n) is 9.97. The van der Waals surface area contributed by atoms with Crippen LogP contribution < -0.4 is 15.0 Å². The lowest BCUT2D eigenvalue weighted by Crippen LogP contribution is -2.37. The van der Waals surface area contributed by atoms with E-state index in [-0.39, 0.29) is 12.0 Å². The van der Waals surface area contributed by atoms with Crippen LogP contribution in [-0.4, -0.2) is 53.1 Å². The molecule has 8 nitrogen and oxygen atoms in total. The van der Waals surface area contributed by atoms with Gasteiger partial charge in [-0.25, -0.2) is 4.98 Å². The lowest BCUT2D eigenvalue weighted by molar-refractivity contribution is 0.0988. The van der Waals surface area contributed by atoms with Gasteiger partial charge >= 0.3 is 0 Å². The number of benzene rings is 1. The molecule has 2 atom stereocenters. The number of methoxy groups -OCH3 is 1. The number of carbonyl (C=O) groups excluding carboxylic acids is 1. The van der Waals surface area contributed by atoms with E-state index in [0.717, 1.165) is 55.1 Å². The first-order valence-electron chi connectivity index (χ1n) is 12.3. The van der Waals surface area contributed by atoms with Crippen LogP contribution in [0.1, 0.15) is 55.6 Å². The van der Waals surface area contributed by atoms with E-state index in [0.29, 0.717) is 29.2 Å². The van der Waals surface area contributed by atoms with Crippen LogP contribution in [0.4, 0.5) is 11.5 Å². The normalized spacial score (nSPS) is 26.2. The van der Waals surface area contributed by atoms with Crippen molar-refractivity contribution in [2.24, 2.45) is 5.92 Å². The van der Waals surface area contributed by atoms with Crippen LogP contribution in [0.2, 0.25) is 0 Å². The molecule has 0 spiro atoms. The van der Waals surface area contributed by atoms with Gasteiger partial charge in [-0.3, -0.25) is 9.48 Å². The van der Waals surface area contributed by atoms with E-state index in [9.17, 15) is 4.79 Å². The Bertz CT molecular complexity index is 1220. The van der Waals surface area contributed by atoms with Gasteiger partial charge in [0.05, 0.1) is 43.1 Å². The van der Waals surface area contributed by atoms with Crippen LogP contribution in [0.5, 0.6) is 5.75 Å². The molecule has 0 radical (unpaired) electrons. The second kappa shape index (κ2) is 8.58. The van der Waals surface area contributed by atoms with Gasteiger partial charge in [0.2, 0.25) is 0 Å². The van der Waals surface area contributed by atoms with Crippen LogP contribution in [0.25, 0.3) is 10.9 Å². The van der Waals surface area contributed by atoms with Crippen molar-refractivity contribution >= 4 is 28.3 Å². The summed E-state index contributed by atoms with van der Waals surface area (Å²) in [5.74, 6) is 1.96. The molecule has 1 aliphatic carbocycles. The molecular weight excluding hydrogens is 430 g/mol. The fourth-order valence-corrected chi connectivity index (χ4v) is 5.61. The molecule has 4 heterocycles. The number of nitrogens with one attached hydrogen (secondary N) is 1. The van der Waals surface area contributed by atoms with E-state index in [1.165, 1.54) is 12.8 Å². The molecule has 3 aliphatic rings. The molecule has 1 aromatic carbocycles. The van der Waals surface area contributed by atoms with Gasteiger partial charge < -0.3 is 19.7 Å². The predicted octanol–water partition coefficient (Wildman–Crippen LogP) is 4.42. The SMILES string of the molecule is COc1cc2nn(C3CCC(C)CC3)cc2cc1NC(=O)c1cccc(N2C[C@@H]3C[C@H]2CO3)n1. The summed E-state index contributed by atoms with van der Waals surface area (Å²) in [6.07, 6.45) is 8.19. The fourth-order valence-electron chi connectivity index (χ4n) is 5.61. The molecule has 178 valence electrons. The number of carbonyl (C=O) groups is 1. The largest absolute Gasteiger partial charge is 0.494 e. The molecule has 34 heavy (non-hydrogen) atoms. The quantitative estimate of drug-likeness (QED) is 0.606. The summed E-state index contributed by atoms with van der Waals surface area (Å²) < 4.78 is 13.4. The van der Waals surface area contributed by atoms with Gasteiger partial charge in [0, 0.05) is 24.2 Å². The van der Waals surface area contributed by atoms with Crippen molar-refractivity contribution in [1.82, 2.24) is 14.8 Å². The Hall–Kier alpha value is -3.13. The van der Waals surface area contributed by atoms with Gasteiger partial charge in [0.1, 0.15) is 17.3 Å². The zero-order chi connectivity index (χ0) is 23.2. The maximum Gasteiger partial charge on any atom is 0.274 e. The molecule has 2 bridgehead atoms. The van der Waals surface area contributed by atoms with Crippen LogP contribution in [0.3, 0.4) is 0 Å². The van der Waals surface area contributed by atoms with Crippen molar-refractivity contribution in [2.75, 3.05) is 30.5 Å². The summed E-state index contributed by atoms with van der Waals surface area (Å²) in [5.41, 5.74) is 1.88. The highest BCUT2D eigenvalue weighted by molar-refractivity contribution is 6.05. The Labute approximate surface area is 199 Å². The molecule has 1 saturated carbocycles. The van der Waals surface area contributed by atoms with Gasteiger partial charge in [0.15, 0.2) is 0 Å². The topological polar surface area (TPSA) is 81.5 Å². The lowest BCUT2D eigenvalue weighted by atomic mass is 9.87. The third-order valence-corrected chi connectivity index (χ3v) is 7.61. The molecule has 8 heteroatoms. The molecule has 6 rings (SSSR count). The van der Waals surface area contributed by atoms with Crippen molar-refractivity contribution in [3.63, 3.8) is 0 Å². The highest BCUT2D eigenvalue weighted by Gasteiger charge is 2.39. The number of rotatable bonds is 5. The van der Waals surface area contributed by atoms with E-state index in [1.807, 2.05) is 24.3 Å². The van der Waals surface area contributed by atoms with Crippen molar-refractivity contribution < 1.29 is 14.3 Å². The maximum atomic E-state index is 13.1. The third kappa shape index (κ3) is 3.90. The number of hydrogen-bond acceptors (Lipinski definition) is 6. The predicted molar refractivity (Wildman–Crippen MR) is 131 cm³/mol. The van der Waals surface area contributed by atoms with Gasteiger partial charge in [-0.15, -0.1) is 0 Å². The summed E-state index contributed by atoms with van der Waals surface area (Å²) >= 11 is 0. The van der Waals surface area contributed by atoms with Gasteiger partial charge in [0.25, 0.3) is 5.91 Å². The number of amides is 1. The minimum absolute atomic E-state index is 0.256. The first kappa shape index (κ1) is 21.4. The number of nitrogens with zero attached hydrogens (tertiary/aromatic N) is 4. The zero-order valence-electron chi connectivity index (χ0n) is 19.7. The minimum Gasteiger partial charge on any atom is -0.494 e. The molecule has 3 aromatic rings. The monoisotopic (exact) mass is 461 g/mol. The summed E-state index contributed by atoms with van der Waals surface area (Å²) in [4.78, 5) is 20.0. The number of hydrogen-bond donors (Lipinski definition) is 1. The number of fused-ring (bicyclic) bond motifs is 3. The molecule has 2 aliphatic heterocycles. The smallest absolute Gasteiger partial charge is 0.274 e. The van der Waals surface area contributed by atoms with E-state index in [2.05, 4.69) is 33.0 Å². The van der Waals surface area contributed by atoms with Crippen molar-refractivity contribution in [3.05, 3.63) is 42.2 Å². The van der Waals surface area contributed by atoms with Crippen molar-refractivity contribution in [3.8, 4) is 5.75 Å². The highest BCUT2D eigenvalue weighted by Crippen LogP contribution is 2.35. The Kier molecular flexibility index (Phi) is 5.40. The number of aromatic nitrogens is 3. The Balaban J connectivity index is 1.23. The standard InChI is InChI=1S/C26H31N5O3/c1-16-6-8-18(9-7-16)31-13-17-10-23(24(33-2)12-22(17)29-31)28-26(32)21-4-3-5-25(27-21)30-14-20-11-19(30)15-34-20/h3-5,10,12-13,16,18-20H,6-9,11,14-15H2,1-2H3,(H,28,32)/t16?,18?,19-,20-/m0/s1. The van der Waals surface area contributed by atoms with E-state index in [1.54, 1.807) is 13.2 Å².